The molecule has 20 heavy (non-hydrogen) atoms. The molecule has 2 heterocycles. The van der Waals surface area contributed by atoms with Crippen molar-refractivity contribution >= 4 is 39.2 Å². The van der Waals surface area contributed by atoms with Gasteiger partial charge in [0.2, 0.25) is 11.8 Å². The molecule has 0 aromatic carbocycles. The van der Waals surface area contributed by atoms with Crippen LogP contribution in [0.15, 0.2) is 16.7 Å². The number of imide groups is 1. The van der Waals surface area contributed by atoms with E-state index in [2.05, 4.69) is 27.8 Å². The van der Waals surface area contributed by atoms with E-state index in [4.69, 9.17) is 5.73 Å². The minimum atomic E-state index is -0.168. The Morgan fingerprint density at radius 2 is 1.95 bits per heavy atom. The highest BCUT2D eigenvalue weighted by Crippen LogP contribution is 2.46. The number of carbonyl (C=O) groups excluding carboxylic acids is 2. The minimum absolute atomic E-state index is 0.117. The number of carbonyl (C=O) groups is 2. The van der Waals surface area contributed by atoms with Gasteiger partial charge in [0.25, 0.3) is 0 Å². The Morgan fingerprint density at radius 1 is 1.35 bits per heavy atom. The first-order valence-electron chi connectivity index (χ1n) is 6.81. The van der Waals surface area contributed by atoms with E-state index in [1.165, 1.54) is 11.1 Å². The fraction of sp³-hybridized carbons (Fsp3) is 0.500. The van der Waals surface area contributed by atoms with E-state index in [9.17, 15) is 9.59 Å². The summed E-state index contributed by atoms with van der Waals surface area (Å²) in [5, 5.41) is 0. The van der Waals surface area contributed by atoms with Crippen LogP contribution in [0.25, 0.3) is 0 Å². The summed E-state index contributed by atoms with van der Waals surface area (Å²) in [5.74, 6) is 0.278. The van der Waals surface area contributed by atoms with E-state index < -0.39 is 0 Å². The average molecular weight is 338 g/mol. The van der Waals surface area contributed by atoms with E-state index in [1.807, 2.05) is 0 Å². The molecule has 5 nitrogen and oxygen atoms in total. The van der Waals surface area contributed by atoms with E-state index in [0.29, 0.717) is 21.9 Å². The van der Waals surface area contributed by atoms with Gasteiger partial charge in [0, 0.05) is 0 Å². The number of anilines is 2. The first-order chi connectivity index (χ1) is 9.52. The third kappa shape index (κ3) is 1.93. The van der Waals surface area contributed by atoms with Crippen LogP contribution in [-0.4, -0.2) is 16.8 Å². The SMILES string of the molecule is CCC1CC2C(=O)N(c3ncc(N)cc3Br)C(=O)C2C1. The molecule has 1 aliphatic heterocycles. The predicted molar refractivity (Wildman–Crippen MR) is 78.8 cm³/mol. The molecule has 2 unspecified atom stereocenters. The maximum absolute atomic E-state index is 12.5. The highest BCUT2D eigenvalue weighted by atomic mass is 79.9. The smallest absolute Gasteiger partial charge is 0.238 e. The lowest BCUT2D eigenvalue weighted by Gasteiger charge is -2.17. The number of halogens is 1. The lowest BCUT2D eigenvalue weighted by atomic mass is 10.00. The molecule has 2 atom stereocenters. The zero-order valence-corrected chi connectivity index (χ0v) is 12.8. The number of aromatic nitrogens is 1. The number of nitrogens with two attached hydrogens (primary N) is 1. The molecule has 6 heteroatoms. The molecule has 3 rings (SSSR count). The average Bonchev–Trinajstić information content (AvgIpc) is 2.93. The molecular formula is C14H16BrN3O2. The second-order valence-corrected chi connectivity index (χ2v) is 6.40. The number of pyridine rings is 1. The van der Waals surface area contributed by atoms with Crippen LogP contribution < -0.4 is 10.6 Å². The topological polar surface area (TPSA) is 76.3 Å². The zero-order valence-electron chi connectivity index (χ0n) is 11.2. The summed E-state index contributed by atoms with van der Waals surface area (Å²) in [5.41, 5.74) is 6.13. The number of nitrogen functional groups attached to an aromatic ring is 1. The standard InChI is InChI=1S/C14H16BrN3O2/c1-2-7-3-9-10(4-7)14(20)18(13(9)19)12-11(15)5-8(16)6-17-12/h5-7,9-10H,2-4,16H2,1H3. The fourth-order valence-electron chi connectivity index (χ4n) is 3.28. The van der Waals surface area contributed by atoms with Gasteiger partial charge in [0.05, 0.1) is 28.2 Å². The van der Waals surface area contributed by atoms with Gasteiger partial charge in [-0.15, -0.1) is 0 Å². The normalized spacial score (nSPS) is 29.1. The molecule has 2 fully saturated rings. The molecule has 1 saturated carbocycles. The molecule has 2 amide bonds. The van der Waals surface area contributed by atoms with Gasteiger partial charge in [-0.1, -0.05) is 13.3 Å². The highest BCUT2D eigenvalue weighted by Gasteiger charge is 2.53. The second kappa shape index (κ2) is 4.84. The quantitative estimate of drug-likeness (QED) is 0.840. The predicted octanol–water partition coefficient (Wildman–Crippen LogP) is 2.35. The van der Waals surface area contributed by atoms with Gasteiger partial charge in [-0.2, -0.15) is 0 Å². The van der Waals surface area contributed by atoms with Gasteiger partial charge in [-0.25, -0.2) is 9.88 Å². The maximum atomic E-state index is 12.5. The number of amides is 2. The van der Waals surface area contributed by atoms with Crippen LogP contribution in [0.4, 0.5) is 11.5 Å². The third-order valence-electron chi connectivity index (χ3n) is 4.37. The van der Waals surface area contributed by atoms with E-state index >= 15 is 0 Å². The fourth-order valence-corrected chi connectivity index (χ4v) is 3.83. The summed E-state index contributed by atoms with van der Waals surface area (Å²) >= 11 is 3.33. The summed E-state index contributed by atoms with van der Waals surface area (Å²) in [6, 6.07) is 1.66. The van der Waals surface area contributed by atoms with Gasteiger partial charge in [0.15, 0.2) is 5.82 Å². The monoisotopic (exact) mass is 337 g/mol. The molecule has 2 aliphatic rings. The Labute approximate surface area is 125 Å². The van der Waals surface area contributed by atoms with Crippen LogP contribution >= 0.6 is 15.9 Å². The molecule has 1 aromatic heterocycles. The van der Waals surface area contributed by atoms with Crippen LogP contribution in [-0.2, 0) is 9.59 Å². The van der Waals surface area contributed by atoms with Gasteiger partial charge >= 0.3 is 0 Å². The second-order valence-electron chi connectivity index (χ2n) is 5.54. The van der Waals surface area contributed by atoms with E-state index in [1.54, 1.807) is 6.07 Å². The molecule has 1 aromatic rings. The van der Waals surface area contributed by atoms with Crippen molar-refractivity contribution in [2.24, 2.45) is 17.8 Å². The van der Waals surface area contributed by atoms with Crippen molar-refractivity contribution in [3.05, 3.63) is 16.7 Å². The molecule has 0 spiro atoms. The molecule has 0 radical (unpaired) electrons. The van der Waals surface area contributed by atoms with Crippen LogP contribution in [0.5, 0.6) is 0 Å². The van der Waals surface area contributed by atoms with Crippen molar-refractivity contribution in [3.63, 3.8) is 0 Å². The Morgan fingerprint density at radius 3 is 2.45 bits per heavy atom. The van der Waals surface area contributed by atoms with Crippen molar-refractivity contribution in [3.8, 4) is 0 Å². The summed E-state index contributed by atoms with van der Waals surface area (Å²) in [6.45, 7) is 2.11. The van der Waals surface area contributed by atoms with E-state index in [0.717, 1.165) is 19.3 Å². The molecule has 2 N–H and O–H groups in total. The molecular weight excluding hydrogens is 322 g/mol. The summed E-state index contributed by atoms with van der Waals surface area (Å²) in [4.78, 5) is 30.4. The first-order valence-corrected chi connectivity index (χ1v) is 7.61. The van der Waals surface area contributed by atoms with Gasteiger partial charge < -0.3 is 5.73 Å². The maximum Gasteiger partial charge on any atom is 0.238 e. The number of nitrogens with zero attached hydrogens (tertiary/aromatic N) is 2. The lowest BCUT2D eigenvalue weighted by Crippen LogP contribution is -2.33. The van der Waals surface area contributed by atoms with Crippen LogP contribution in [0.1, 0.15) is 26.2 Å². The summed E-state index contributed by atoms with van der Waals surface area (Å²) < 4.78 is 0.575. The lowest BCUT2D eigenvalue weighted by molar-refractivity contribution is -0.123. The number of fused-ring (bicyclic) bond motifs is 1. The van der Waals surface area contributed by atoms with Crippen molar-refractivity contribution in [1.29, 1.82) is 0 Å². The highest BCUT2D eigenvalue weighted by molar-refractivity contribution is 9.10. The van der Waals surface area contributed by atoms with Gasteiger partial charge in [-0.05, 0) is 40.8 Å². The largest absolute Gasteiger partial charge is 0.397 e. The molecule has 1 aliphatic carbocycles. The van der Waals surface area contributed by atoms with Crippen molar-refractivity contribution in [1.82, 2.24) is 4.98 Å². The van der Waals surface area contributed by atoms with Crippen LogP contribution in [0.2, 0.25) is 0 Å². The Hall–Kier alpha value is -1.43. The number of rotatable bonds is 2. The zero-order chi connectivity index (χ0) is 14.4. The summed E-state index contributed by atoms with van der Waals surface area (Å²) in [7, 11) is 0. The Kier molecular flexibility index (Phi) is 3.28. The minimum Gasteiger partial charge on any atom is -0.397 e. The van der Waals surface area contributed by atoms with Crippen molar-refractivity contribution in [2.75, 3.05) is 10.6 Å². The first kappa shape index (κ1) is 13.5. The Bertz CT molecular complexity index is 566. The molecule has 0 bridgehead atoms. The van der Waals surface area contributed by atoms with E-state index in [-0.39, 0.29) is 23.7 Å². The summed E-state index contributed by atoms with van der Waals surface area (Å²) in [6.07, 6.45) is 4.12. The van der Waals surface area contributed by atoms with Crippen LogP contribution in [0, 0.1) is 17.8 Å². The van der Waals surface area contributed by atoms with Gasteiger partial charge in [-0.3, -0.25) is 9.59 Å². The third-order valence-corrected chi connectivity index (χ3v) is 4.95. The van der Waals surface area contributed by atoms with Crippen molar-refractivity contribution < 1.29 is 9.59 Å². The Balaban J connectivity index is 1.94. The number of hydrogen-bond donors (Lipinski definition) is 1. The van der Waals surface area contributed by atoms with Crippen molar-refractivity contribution in [2.45, 2.75) is 26.2 Å². The van der Waals surface area contributed by atoms with Gasteiger partial charge in [0.1, 0.15) is 0 Å². The van der Waals surface area contributed by atoms with Crippen LogP contribution in [0.3, 0.4) is 0 Å². The number of hydrogen-bond acceptors (Lipinski definition) is 4. The molecule has 106 valence electrons. The molecule has 1 saturated heterocycles.